The number of benzene rings is 11. The highest BCUT2D eigenvalue weighted by molar-refractivity contribution is 6.32. The number of ether oxygens (including phenoxy) is 5. The van der Waals surface area contributed by atoms with Crippen LogP contribution in [0.1, 0.15) is 152 Å². The summed E-state index contributed by atoms with van der Waals surface area (Å²) in [6.07, 6.45) is 22.7. The van der Waals surface area contributed by atoms with Gasteiger partial charge in [-0.25, -0.2) is 4.79 Å². The molecule has 2 atom stereocenters. The van der Waals surface area contributed by atoms with Crippen molar-refractivity contribution in [2.75, 3.05) is 48.8 Å². The summed E-state index contributed by atoms with van der Waals surface area (Å²) in [7, 11) is 7.60. The molecule has 17 aromatic rings. The molecule has 0 unspecified atom stereocenters. The molecule has 18 rings (SSSR count). The molecule has 708 valence electrons. The molecular formula is C106H95Cl5N14O14. The maximum Gasteiger partial charge on any atom is 0.339 e. The molecule has 4 amide bonds. The predicted molar refractivity (Wildman–Crippen MR) is 549 cm³/mol. The van der Waals surface area contributed by atoms with Crippen molar-refractivity contribution in [2.45, 2.75) is 51.4 Å². The number of aromatic amines is 5. The Balaban J connectivity index is 0.000000139. The Morgan fingerprint density at radius 1 is 0.374 bits per heavy atom. The zero-order chi connectivity index (χ0) is 98.2. The lowest BCUT2D eigenvalue weighted by atomic mass is 10.0. The van der Waals surface area contributed by atoms with Crippen LogP contribution in [-0.4, -0.2) is 157 Å². The molecule has 1 fully saturated rings. The highest BCUT2D eigenvalue weighted by Crippen LogP contribution is 2.39. The number of rotatable bonds is 29. The van der Waals surface area contributed by atoms with Crippen molar-refractivity contribution in [3.8, 4) is 28.7 Å². The first-order chi connectivity index (χ1) is 67.4. The Hall–Kier alpha value is -15.5. The number of halogens is 5. The number of amides is 4. The number of nitrogens with one attached hydrogen (secondary N) is 9. The van der Waals surface area contributed by atoms with Gasteiger partial charge in [0.2, 0.25) is 0 Å². The van der Waals surface area contributed by atoms with Crippen LogP contribution in [0.2, 0.25) is 25.1 Å². The fourth-order valence-electron chi connectivity index (χ4n) is 14.8. The normalized spacial score (nSPS) is 12.3. The van der Waals surface area contributed by atoms with Crippen molar-refractivity contribution in [3.05, 3.63) is 351 Å². The maximum atomic E-state index is 13.1. The second kappa shape index (κ2) is 47.3. The zero-order valence-corrected chi connectivity index (χ0v) is 79.8. The van der Waals surface area contributed by atoms with E-state index in [0.29, 0.717) is 133 Å². The molecule has 6 aromatic heterocycles. The van der Waals surface area contributed by atoms with Crippen molar-refractivity contribution in [3.63, 3.8) is 0 Å². The van der Waals surface area contributed by atoms with Crippen LogP contribution in [0.4, 0.5) is 0 Å². The van der Waals surface area contributed by atoms with Gasteiger partial charge in [-0.2, -0.15) is 25.5 Å². The molecular weight excluding hydrogens is 1870 g/mol. The molecule has 28 nitrogen and oxygen atoms in total. The summed E-state index contributed by atoms with van der Waals surface area (Å²) >= 11 is 29.6. The van der Waals surface area contributed by atoms with Gasteiger partial charge in [0, 0.05) is 31.2 Å². The topological polar surface area (TPSA) is 397 Å². The summed E-state index contributed by atoms with van der Waals surface area (Å²) in [6, 6.07) is 66.8. The number of aliphatic hydroxyl groups excluding tert-OH is 2. The standard InChI is InChI=1S/C25H22ClN3O3.C22H18ClN3O3.C22H24ClN3O3.C20H18ClN3O2.C17H13ClN2O3/c1-32-24-19(25(31)27-22(15-30)17-5-3-2-4-6-17)12-14-21-23(24)20(28-29-21)13-9-16-7-10-18(26)11-8-16;1-28-21-17(22(27)24-13-16-3-2-12-29-16)9-11-19-20(21)18(25-26-19)10-6-14-4-7-15(23)8-5-14;1-13(2)19(12-27)24-22(28)16-9-11-18-20(21(16)29-3)17(25-26-18)10-6-14-4-7-15(23)8-5-14;1-26-19-15(20(25)22-14-7-8-14)9-11-17-18(19)16(23-24-17)10-4-12-2-5-13(21)6-3-12;1-23-16-12(17(21)22)7-9-14-15(16)13(19-20-14)8-4-10-2-5-11(18)6-3-10/h2-14,22,30H,15H2,1H3,(H,27,31)(H,28,29);2-12H,13H2,1H3,(H,24,27)(H,25,26);4-11,13,19,27H,12H2,1-3H3,(H,24,28)(H,25,26);2-6,9-11,14H,7-8H2,1H3,(H,22,25)(H,23,24);2-9H,1H3,(H,19,20)(H,21,22)/b13-9+;2*10-6+;10-4+;8-4+/t22-;;19-;;/m1.1../s1. The number of carbonyl (C=O) groups is 5. The number of carbonyl (C=O) groups excluding carboxylic acids is 4. The van der Waals surface area contributed by atoms with Gasteiger partial charge in [-0.3, -0.25) is 44.7 Å². The minimum Gasteiger partial charge on any atom is -0.495 e. The third kappa shape index (κ3) is 25.0. The van der Waals surface area contributed by atoms with Gasteiger partial charge in [0.15, 0.2) is 0 Å². The van der Waals surface area contributed by atoms with E-state index in [9.17, 15) is 39.3 Å². The molecule has 139 heavy (non-hydrogen) atoms. The van der Waals surface area contributed by atoms with Crippen LogP contribution < -0.4 is 45.0 Å². The average Bonchev–Trinajstić information content (AvgIpc) is 1.67. The molecule has 1 aliphatic carbocycles. The maximum absolute atomic E-state index is 13.1. The Labute approximate surface area is 823 Å². The predicted octanol–water partition coefficient (Wildman–Crippen LogP) is 22.3. The van der Waals surface area contributed by atoms with E-state index in [4.69, 9.17) is 86.1 Å². The quantitative estimate of drug-likeness (QED) is 0.0207. The van der Waals surface area contributed by atoms with Crippen LogP contribution in [0, 0.1) is 5.92 Å². The Morgan fingerprint density at radius 3 is 0.957 bits per heavy atom. The molecule has 0 spiro atoms. The Bertz CT molecular complexity index is 7340. The van der Waals surface area contributed by atoms with E-state index in [1.807, 2.05) is 220 Å². The summed E-state index contributed by atoms with van der Waals surface area (Å²) in [5.41, 5.74) is 14.6. The highest BCUT2D eigenvalue weighted by atomic mass is 35.5. The third-order valence-electron chi connectivity index (χ3n) is 22.2. The van der Waals surface area contributed by atoms with Crippen molar-refractivity contribution >= 4 is 203 Å². The first-order valence-electron chi connectivity index (χ1n) is 43.6. The summed E-state index contributed by atoms with van der Waals surface area (Å²) < 4.78 is 32.9. The monoisotopic (exact) mass is 1960 g/mol. The van der Waals surface area contributed by atoms with Gasteiger partial charge in [-0.05, 0) is 216 Å². The second-order valence-electron chi connectivity index (χ2n) is 31.8. The lowest BCUT2D eigenvalue weighted by Gasteiger charge is -2.20. The molecule has 1 saturated carbocycles. The van der Waals surface area contributed by atoms with Gasteiger partial charge in [0.1, 0.15) is 40.1 Å². The number of H-pyrrole nitrogens is 5. The van der Waals surface area contributed by atoms with Gasteiger partial charge in [0.05, 0.1) is 179 Å². The number of methoxy groups -OCH3 is 5. The first-order valence-corrected chi connectivity index (χ1v) is 45.5. The molecule has 12 N–H and O–H groups in total. The van der Waals surface area contributed by atoms with Gasteiger partial charge < -0.3 is 64.7 Å². The van der Waals surface area contributed by atoms with E-state index in [1.54, 1.807) is 86.2 Å². The van der Waals surface area contributed by atoms with Gasteiger partial charge in [-0.1, -0.05) is 193 Å². The first kappa shape index (κ1) is 99.4. The molecule has 11 aromatic carbocycles. The van der Waals surface area contributed by atoms with Gasteiger partial charge in [-0.15, -0.1) is 0 Å². The number of furan rings is 1. The third-order valence-corrected chi connectivity index (χ3v) is 23.5. The average molecular weight is 1970 g/mol. The molecule has 0 bridgehead atoms. The van der Waals surface area contributed by atoms with E-state index in [1.165, 1.54) is 34.5 Å². The van der Waals surface area contributed by atoms with E-state index in [2.05, 4.69) is 72.3 Å². The van der Waals surface area contributed by atoms with Crippen LogP contribution in [0.25, 0.3) is 115 Å². The molecule has 0 radical (unpaired) electrons. The molecule has 0 aliphatic heterocycles. The minimum absolute atomic E-state index is 0.0996. The lowest BCUT2D eigenvalue weighted by molar-refractivity contribution is 0.0692. The largest absolute Gasteiger partial charge is 0.495 e. The molecule has 6 heterocycles. The van der Waals surface area contributed by atoms with Crippen LogP contribution in [-0.2, 0) is 6.54 Å². The van der Waals surface area contributed by atoms with Crippen molar-refractivity contribution in [2.24, 2.45) is 5.92 Å². The summed E-state index contributed by atoms with van der Waals surface area (Å²) in [5, 5.41) is 83.5. The number of carboxylic acids is 1. The number of hydrogen-bond acceptors (Lipinski definition) is 18. The number of aromatic nitrogens is 10. The lowest BCUT2D eigenvalue weighted by Crippen LogP contribution is -2.41. The fraction of sp³-hybridized carbons (Fsp3) is 0.151. The smallest absolute Gasteiger partial charge is 0.339 e. The van der Waals surface area contributed by atoms with Crippen molar-refractivity contribution < 1.29 is 67.4 Å². The fourth-order valence-corrected chi connectivity index (χ4v) is 15.4. The van der Waals surface area contributed by atoms with Crippen molar-refractivity contribution in [1.29, 1.82) is 0 Å². The Morgan fingerprint density at radius 2 is 0.676 bits per heavy atom. The molecule has 1 aliphatic rings. The highest BCUT2D eigenvalue weighted by Gasteiger charge is 2.29. The SMILES string of the molecule is COc1c(C(=O)NC2CC2)ccc2n[nH]c(/C=C/c3ccc(Cl)cc3)c12.COc1c(C(=O)NCc2ccco2)ccc2n[nH]c(/C=C/c3ccc(Cl)cc3)c12.COc1c(C(=O)N[C@H](CO)C(C)C)ccc2n[nH]c(/C=C/c3ccc(Cl)cc3)c12.COc1c(C(=O)N[C@H](CO)c2ccccc2)ccc2n[nH]c(/C=C/c3ccc(Cl)cc3)c12.COc1c(C(=O)O)ccc2n[nH]c(/C=C/c3ccc(Cl)cc3)c12. The number of fused-ring (bicyclic) bond motifs is 5. The van der Waals surface area contributed by atoms with Crippen LogP contribution in [0.15, 0.2) is 235 Å². The number of nitrogens with zero attached hydrogens (tertiary/aromatic N) is 5. The minimum atomic E-state index is -1.04. The summed E-state index contributed by atoms with van der Waals surface area (Å²) in [6.45, 7) is 3.83. The van der Waals surface area contributed by atoms with Crippen LogP contribution in [0.5, 0.6) is 28.7 Å². The molecule has 33 heteroatoms. The van der Waals surface area contributed by atoms with E-state index in [-0.39, 0.29) is 60.4 Å². The summed E-state index contributed by atoms with van der Waals surface area (Å²) in [4.78, 5) is 62.5. The summed E-state index contributed by atoms with van der Waals surface area (Å²) in [5.74, 6) is 0.851. The molecule has 0 saturated heterocycles. The van der Waals surface area contributed by atoms with E-state index in [0.717, 1.165) is 85.0 Å². The number of carboxylic acid groups (broad SMARTS) is 1. The number of hydrogen-bond donors (Lipinski definition) is 12. The van der Waals surface area contributed by atoms with Gasteiger partial charge >= 0.3 is 5.97 Å². The number of aliphatic hydroxyl groups is 2. The second-order valence-corrected chi connectivity index (χ2v) is 33.9. The van der Waals surface area contributed by atoms with Gasteiger partial charge in [0.25, 0.3) is 23.6 Å². The van der Waals surface area contributed by atoms with Crippen molar-refractivity contribution in [1.82, 2.24) is 72.3 Å². The Kier molecular flexibility index (Phi) is 33.8. The zero-order valence-electron chi connectivity index (χ0n) is 76.0. The number of aromatic carboxylic acids is 1. The van der Waals surface area contributed by atoms with E-state index >= 15 is 0 Å². The van der Waals surface area contributed by atoms with Crippen LogP contribution in [0.3, 0.4) is 0 Å². The van der Waals surface area contributed by atoms with Crippen LogP contribution >= 0.6 is 58.0 Å². The van der Waals surface area contributed by atoms with E-state index < -0.39 is 12.0 Å².